The predicted molar refractivity (Wildman–Crippen MR) is 69.7 cm³/mol. The van der Waals surface area contributed by atoms with Crippen LogP contribution in [0.15, 0.2) is 12.1 Å². The van der Waals surface area contributed by atoms with Gasteiger partial charge in [-0.3, -0.25) is 4.79 Å². The largest absolute Gasteiger partial charge is 0.477 e. The number of nitrogens with one attached hydrogen (secondary N) is 1. The molecule has 1 amide bonds. The normalized spacial score (nSPS) is 15.8. The molecule has 0 saturated heterocycles. The van der Waals surface area contributed by atoms with Crippen molar-refractivity contribution >= 4 is 23.2 Å². The van der Waals surface area contributed by atoms with Gasteiger partial charge < -0.3 is 10.4 Å². The van der Waals surface area contributed by atoms with Crippen LogP contribution < -0.4 is 5.32 Å². The van der Waals surface area contributed by atoms with Crippen molar-refractivity contribution in [2.24, 2.45) is 5.92 Å². The molecule has 0 aliphatic heterocycles. The number of hydrogen-bond acceptors (Lipinski definition) is 3. The molecule has 0 aromatic carbocycles. The van der Waals surface area contributed by atoms with Crippen LogP contribution in [-0.4, -0.2) is 17.0 Å². The van der Waals surface area contributed by atoms with Gasteiger partial charge in [-0.2, -0.15) is 0 Å². The summed E-state index contributed by atoms with van der Waals surface area (Å²) in [5.74, 6) is -0.293. The van der Waals surface area contributed by atoms with Crippen molar-refractivity contribution in [1.29, 1.82) is 0 Å². The maximum Gasteiger partial charge on any atom is 0.345 e. The summed E-state index contributed by atoms with van der Waals surface area (Å²) >= 11 is 1.21. The molecule has 0 bridgehead atoms. The Kier molecular flexibility index (Phi) is 4.36. The summed E-state index contributed by atoms with van der Waals surface area (Å²) in [7, 11) is 0. The number of thiophene rings is 1. The van der Waals surface area contributed by atoms with Gasteiger partial charge in [0.1, 0.15) is 4.88 Å². The zero-order valence-electron chi connectivity index (χ0n) is 10.1. The lowest BCUT2D eigenvalue weighted by Gasteiger charge is -2.08. The first-order chi connectivity index (χ1) is 8.65. The van der Waals surface area contributed by atoms with Crippen molar-refractivity contribution in [2.45, 2.75) is 38.6 Å². The third-order valence-electron chi connectivity index (χ3n) is 3.28. The van der Waals surface area contributed by atoms with Crippen molar-refractivity contribution < 1.29 is 14.7 Å². The highest BCUT2D eigenvalue weighted by molar-refractivity contribution is 7.13. The molecule has 1 aromatic heterocycles. The van der Waals surface area contributed by atoms with Gasteiger partial charge in [0.2, 0.25) is 5.91 Å². The van der Waals surface area contributed by atoms with Crippen LogP contribution in [0.4, 0.5) is 0 Å². The molecule has 1 aliphatic carbocycles. The van der Waals surface area contributed by atoms with Crippen LogP contribution in [-0.2, 0) is 11.3 Å². The predicted octanol–water partition coefficient (Wildman–Crippen LogP) is 2.64. The zero-order chi connectivity index (χ0) is 13.0. The Hall–Kier alpha value is -1.36. The summed E-state index contributed by atoms with van der Waals surface area (Å²) in [6.45, 7) is 0.434. The van der Waals surface area contributed by atoms with Gasteiger partial charge in [0.25, 0.3) is 0 Å². The number of carboxylic acids is 1. The van der Waals surface area contributed by atoms with E-state index in [0.717, 1.165) is 17.7 Å². The van der Waals surface area contributed by atoms with E-state index < -0.39 is 5.97 Å². The highest BCUT2D eigenvalue weighted by atomic mass is 32.1. The molecule has 2 N–H and O–H groups in total. The second-order valence-electron chi connectivity index (χ2n) is 4.70. The standard InChI is InChI=1S/C13H17NO3S/c15-12(7-9-3-1-2-4-9)14-8-10-5-6-11(18-10)13(16)17/h5-6,9H,1-4,7-8H2,(H,14,15)(H,16,17). The number of carbonyl (C=O) groups is 2. The van der Waals surface area contributed by atoms with Gasteiger partial charge in [-0.1, -0.05) is 12.8 Å². The first-order valence-electron chi connectivity index (χ1n) is 6.24. The summed E-state index contributed by atoms with van der Waals surface area (Å²) in [4.78, 5) is 23.6. The maximum absolute atomic E-state index is 11.7. The van der Waals surface area contributed by atoms with Gasteiger partial charge in [0, 0.05) is 11.3 Å². The molecular formula is C13H17NO3S. The topological polar surface area (TPSA) is 66.4 Å². The minimum absolute atomic E-state index is 0.0761. The minimum Gasteiger partial charge on any atom is -0.477 e. The Labute approximate surface area is 110 Å². The van der Waals surface area contributed by atoms with Gasteiger partial charge in [0.15, 0.2) is 0 Å². The Morgan fingerprint density at radius 2 is 2.06 bits per heavy atom. The fraction of sp³-hybridized carbons (Fsp3) is 0.538. The van der Waals surface area contributed by atoms with Gasteiger partial charge >= 0.3 is 5.97 Å². The van der Waals surface area contributed by atoms with E-state index in [1.54, 1.807) is 12.1 Å². The Balaban J connectivity index is 1.76. The second-order valence-corrected chi connectivity index (χ2v) is 5.87. The fourth-order valence-corrected chi connectivity index (χ4v) is 3.11. The molecule has 5 heteroatoms. The van der Waals surface area contributed by atoms with E-state index in [0.29, 0.717) is 23.8 Å². The molecular weight excluding hydrogens is 250 g/mol. The molecule has 1 heterocycles. The van der Waals surface area contributed by atoms with Crippen molar-refractivity contribution in [2.75, 3.05) is 0 Å². The average Bonchev–Trinajstić information content (AvgIpc) is 2.96. The molecule has 0 unspecified atom stereocenters. The Morgan fingerprint density at radius 3 is 2.67 bits per heavy atom. The van der Waals surface area contributed by atoms with E-state index in [9.17, 15) is 9.59 Å². The number of amides is 1. The highest BCUT2D eigenvalue weighted by Crippen LogP contribution is 2.27. The van der Waals surface area contributed by atoms with Crippen LogP contribution in [0.25, 0.3) is 0 Å². The number of carboxylic acid groups (broad SMARTS) is 1. The lowest BCUT2D eigenvalue weighted by Crippen LogP contribution is -2.24. The van der Waals surface area contributed by atoms with Crippen LogP contribution in [0.3, 0.4) is 0 Å². The van der Waals surface area contributed by atoms with E-state index >= 15 is 0 Å². The first-order valence-corrected chi connectivity index (χ1v) is 7.05. The zero-order valence-corrected chi connectivity index (χ0v) is 11.0. The third kappa shape index (κ3) is 3.57. The van der Waals surface area contributed by atoms with Crippen molar-refractivity contribution in [3.8, 4) is 0 Å². The van der Waals surface area contributed by atoms with Crippen molar-refractivity contribution in [3.63, 3.8) is 0 Å². The van der Waals surface area contributed by atoms with Gasteiger partial charge in [0.05, 0.1) is 6.54 Å². The molecule has 1 aromatic rings. The van der Waals surface area contributed by atoms with Gasteiger partial charge in [-0.15, -0.1) is 11.3 Å². The number of hydrogen-bond donors (Lipinski definition) is 2. The van der Waals surface area contributed by atoms with Gasteiger partial charge in [-0.25, -0.2) is 4.79 Å². The Bertz CT molecular complexity index is 435. The molecule has 1 saturated carbocycles. The molecule has 4 nitrogen and oxygen atoms in total. The van der Waals surface area contributed by atoms with E-state index in [-0.39, 0.29) is 5.91 Å². The highest BCUT2D eigenvalue weighted by Gasteiger charge is 2.18. The molecule has 0 atom stereocenters. The van der Waals surface area contributed by atoms with E-state index in [1.807, 2.05) is 0 Å². The lowest BCUT2D eigenvalue weighted by molar-refractivity contribution is -0.122. The lowest BCUT2D eigenvalue weighted by atomic mass is 10.0. The van der Waals surface area contributed by atoms with Gasteiger partial charge in [-0.05, 0) is 30.9 Å². The molecule has 1 aliphatic rings. The van der Waals surface area contributed by atoms with Crippen LogP contribution in [0.1, 0.15) is 46.7 Å². The van der Waals surface area contributed by atoms with Crippen molar-refractivity contribution in [3.05, 3.63) is 21.9 Å². The van der Waals surface area contributed by atoms with Crippen LogP contribution in [0, 0.1) is 5.92 Å². The summed E-state index contributed by atoms with van der Waals surface area (Å²) in [6, 6.07) is 3.33. The maximum atomic E-state index is 11.7. The second kappa shape index (κ2) is 6.00. The number of aromatic carboxylic acids is 1. The molecule has 98 valence electrons. The minimum atomic E-state index is -0.913. The summed E-state index contributed by atoms with van der Waals surface area (Å²) < 4.78 is 0. The van der Waals surface area contributed by atoms with E-state index in [1.165, 1.54) is 24.2 Å². The number of carbonyl (C=O) groups excluding carboxylic acids is 1. The molecule has 2 rings (SSSR count). The van der Waals surface area contributed by atoms with Crippen LogP contribution in [0.5, 0.6) is 0 Å². The molecule has 18 heavy (non-hydrogen) atoms. The van der Waals surface area contributed by atoms with Crippen LogP contribution in [0.2, 0.25) is 0 Å². The first kappa shape index (κ1) is 13.1. The summed E-state index contributed by atoms with van der Waals surface area (Å²) in [6.07, 6.45) is 5.41. The Morgan fingerprint density at radius 1 is 1.33 bits per heavy atom. The molecule has 0 radical (unpaired) electrons. The fourth-order valence-electron chi connectivity index (χ4n) is 2.32. The van der Waals surface area contributed by atoms with Crippen molar-refractivity contribution in [1.82, 2.24) is 5.32 Å². The van der Waals surface area contributed by atoms with Crippen LogP contribution >= 0.6 is 11.3 Å². The summed E-state index contributed by atoms with van der Waals surface area (Å²) in [5, 5.41) is 11.6. The molecule has 0 spiro atoms. The third-order valence-corrected chi connectivity index (χ3v) is 4.35. The smallest absolute Gasteiger partial charge is 0.345 e. The SMILES string of the molecule is O=C(CC1CCCC1)NCc1ccc(C(=O)O)s1. The monoisotopic (exact) mass is 267 g/mol. The summed E-state index contributed by atoms with van der Waals surface area (Å²) in [5.41, 5.74) is 0. The van der Waals surface area contributed by atoms with E-state index in [4.69, 9.17) is 5.11 Å². The average molecular weight is 267 g/mol. The molecule has 1 fully saturated rings. The van der Waals surface area contributed by atoms with E-state index in [2.05, 4.69) is 5.32 Å². The quantitative estimate of drug-likeness (QED) is 0.862. The number of rotatable bonds is 5.